The number of carbonyl (C=O) groups is 2. The van der Waals surface area contributed by atoms with E-state index >= 15 is 0 Å². The van der Waals surface area contributed by atoms with Crippen molar-refractivity contribution in [2.24, 2.45) is 5.41 Å². The van der Waals surface area contributed by atoms with Crippen molar-refractivity contribution in [1.82, 2.24) is 0 Å². The summed E-state index contributed by atoms with van der Waals surface area (Å²) in [5.74, 6) is -1.85. The van der Waals surface area contributed by atoms with Crippen LogP contribution in [0.1, 0.15) is 53.9 Å². The average Bonchev–Trinajstić information content (AvgIpc) is 2.59. The maximum absolute atomic E-state index is 11.3. The Balaban J connectivity index is 2.58. The van der Waals surface area contributed by atoms with Gasteiger partial charge in [0.2, 0.25) is 0 Å². The highest BCUT2D eigenvalue weighted by Crippen LogP contribution is 2.40. The van der Waals surface area contributed by atoms with E-state index in [0.717, 1.165) is 23.3 Å². The minimum Gasteiger partial charge on any atom is -0.478 e. The van der Waals surface area contributed by atoms with Crippen LogP contribution in [-0.4, -0.2) is 23.7 Å². The zero-order chi connectivity index (χ0) is 21.2. The first kappa shape index (κ1) is 23.4. The Bertz CT molecular complexity index is 755. The van der Waals surface area contributed by atoms with E-state index in [9.17, 15) is 9.59 Å². The zero-order valence-corrected chi connectivity index (χ0v) is 17.6. The summed E-state index contributed by atoms with van der Waals surface area (Å²) in [7, 11) is 0. The van der Waals surface area contributed by atoms with Gasteiger partial charge in [-0.05, 0) is 57.1 Å². The van der Waals surface area contributed by atoms with Crippen molar-refractivity contribution in [2.45, 2.75) is 53.9 Å². The highest BCUT2D eigenvalue weighted by atomic mass is 16.5. The summed E-state index contributed by atoms with van der Waals surface area (Å²) in [6.07, 6.45) is 17.5. The molecule has 0 unspecified atom stereocenters. The molecular weight excluding hydrogens is 352 g/mol. The smallest absolute Gasteiger partial charge is 0.331 e. The Morgan fingerprint density at radius 2 is 1.82 bits per heavy atom. The normalized spacial score (nSPS) is 18.5. The molecule has 0 heterocycles. The van der Waals surface area contributed by atoms with E-state index in [1.54, 1.807) is 6.08 Å². The second-order valence-electron chi connectivity index (χ2n) is 7.78. The highest BCUT2D eigenvalue weighted by Gasteiger charge is 2.26. The van der Waals surface area contributed by atoms with E-state index in [4.69, 9.17) is 9.84 Å². The molecule has 0 amide bonds. The lowest BCUT2D eigenvalue weighted by molar-refractivity contribution is -0.137. The molecule has 1 aliphatic rings. The summed E-state index contributed by atoms with van der Waals surface area (Å²) in [5, 5.41) is 8.44. The third-order valence-corrected chi connectivity index (χ3v) is 4.77. The van der Waals surface area contributed by atoms with Crippen molar-refractivity contribution in [1.29, 1.82) is 0 Å². The second kappa shape index (κ2) is 11.3. The fraction of sp³-hybridized carbons (Fsp3) is 0.417. The number of hydrogen-bond acceptors (Lipinski definition) is 3. The Labute approximate surface area is 168 Å². The van der Waals surface area contributed by atoms with E-state index in [1.165, 1.54) is 30.4 Å². The van der Waals surface area contributed by atoms with Gasteiger partial charge in [-0.25, -0.2) is 9.59 Å². The van der Waals surface area contributed by atoms with Crippen molar-refractivity contribution >= 4 is 11.9 Å². The molecule has 1 rings (SSSR count). The quantitative estimate of drug-likeness (QED) is 0.331. The van der Waals surface area contributed by atoms with Crippen molar-refractivity contribution in [3.8, 4) is 0 Å². The molecule has 0 aromatic carbocycles. The molecule has 28 heavy (non-hydrogen) atoms. The third-order valence-electron chi connectivity index (χ3n) is 4.77. The van der Waals surface area contributed by atoms with Crippen LogP contribution in [0, 0.1) is 5.41 Å². The molecule has 0 radical (unpaired) electrons. The van der Waals surface area contributed by atoms with Gasteiger partial charge in [-0.2, -0.15) is 0 Å². The molecule has 0 saturated heterocycles. The molecule has 152 valence electrons. The number of esters is 1. The van der Waals surface area contributed by atoms with Crippen molar-refractivity contribution in [2.75, 3.05) is 6.61 Å². The number of allylic oxidation sites excluding steroid dienone is 9. The van der Waals surface area contributed by atoms with Crippen LogP contribution < -0.4 is 0 Å². The first-order chi connectivity index (χ1) is 13.1. The van der Waals surface area contributed by atoms with Gasteiger partial charge in [-0.3, -0.25) is 0 Å². The summed E-state index contributed by atoms with van der Waals surface area (Å²) in [6.45, 7) is 10.9. The Kier molecular flexibility index (Phi) is 9.43. The summed E-state index contributed by atoms with van der Waals surface area (Å²) in [5.41, 5.74) is 5.30. The standard InChI is InChI=1S/C24H32O4/c1-18(11-12-21-20(3)10-7-16-24(21,4)5)8-6-9-19(2)15-17-28-23(27)14-13-22(25)26/h6,8-9,11-15H,7,10,16-17H2,1-5H3,(H,25,26)/b9-6+,12-11+,14-13+,18-8-,19-15+. The molecule has 1 N–H and O–H groups in total. The molecule has 0 aliphatic heterocycles. The lowest BCUT2D eigenvalue weighted by Gasteiger charge is -2.32. The monoisotopic (exact) mass is 384 g/mol. The second-order valence-corrected chi connectivity index (χ2v) is 7.78. The van der Waals surface area contributed by atoms with Gasteiger partial charge in [0.05, 0.1) is 0 Å². The van der Waals surface area contributed by atoms with Crippen LogP contribution in [0.3, 0.4) is 0 Å². The van der Waals surface area contributed by atoms with Crippen LogP contribution in [0.4, 0.5) is 0 Å². The lowest BCUT2D eigenvalue weighted by Crippen LogP contribution is -2.19. The predicted octanol–water partition coefficient (Wildman–Crippen LogP) is 5.70. The maximum Gasteiger partial charge on any atom is 0.331 e. The summed E-state index contributed by atoms with van der Waals surface area (Å²) in [4.78, 5) is 21.6. The van der Waals surface area contributed by atoms with Gasteiger partial charge in [0.15, 0.2) is 0 Å². The van der Waals surface area contributed by atoms with Gasteiger partial charge >= 0.3 is 11.9 Å². The van der Waals surface area contributed by atoms with Crippen molar-refractivity contribution < 1.29 is 19.4 Å². The molecule has 4 nitrogen and oxygen atoms in total. The first-order valence-corrected chi connectivity index (χ1v) is 9.59. The van der Waals surface area contributed by atoms with Crippen LogP contribution in [-0.2, 0) is 14.3 Å². The molecule has 0 bridgehead atoms. The Hall–Kier alpha value is -2.62. The van der Waals surface area contributed by atoms with Gasteiger partial charge in [-0.1, -0.05) is 60.9 Å². The molecule has 0 atom stereocenters. The van der Waals surface area contributed by atoms with Crippen LogP contribution in [0.25, 0.3) is 0 Å². The molecule has 0 spiro atoms. The van der Waals surface area contributed by atoms with E-state index in [1.807, 2.05) is 25.2 Å². The van der Waals surface area contributed by atoms with Crippen LogP contribution in [0.5, 0.6) is 0 Å². The lowest BCUT2D eigenvalue weighted by atomic mass is 9.72. The SMILES string of the molecule is CC1=C(/C=C/C(C)=C\C=C\C(C)=C\COC(=O)/C=C/C(=O)O)C(C)(C)CCC1. The fourth-order valence-electron chi connectivity index (χ4n) is 3.14. The average molecular weight is 385 g/mol. The molecule has 0 aromatic rings. The molecule has 0 saturated carbocycles. The minimum atomic E-state index is -1.18. The summed E-state index contributed by atoms with van der Waals surface area (Å²) in [6, 6.07) is 0. The van der Waals surface area contributed by atoms with E-state index < -0.39 is 11.9 Å². The first-order valence-electron chi connectivity index (χ1n) is 9.59. The predicted molar refractivity (Wildman–Crippen MR) is 114 cm³/mol. The number of rotatable bonds is 8. The highest BCUT2D eigenvalue weighted by molar-refractivity contribution is 5.90. The van der Waals surface area contributed by atoms with Gasteiger partial charge in [0.1, 0.15) is 6.61 Å². The number of ether oxygens (including phenoxy) is 1. The minimum absolute atomic E-state index is 0.101. The maximum atomic E-state index is 11.3. The Morgan fingerprint density at radius 1 is 1.11 bits per heavy atom. The molecule has 0 fully saturated rings. The van der Waals surface area contributed by atoms with Gasteiger partial charge in [-0.15, -0.1) is 0 Å². The van der Waals surface area contributed by atoms with E-state index in [2.05, 4.69) is 39.8 Å². The number of hydrogen-bond donors (Lipinski definition) is 1. The van der Waals surface area contributed by atoms with Crippen molar-refractivity contribution in [3.63, 3.8) is 0 Å². The Morgan fingerprint density at radius 3 is 2.46 bits per heavy atom. The summed E-state index contributed by atoms with van der Waals surface area (Å²) < 4.78 is 4.89. The van der Waals surface area contributed by atoms with Gasteiger partial charge < -0.3 is 9.84 Å². The van der Waals surface area contributed by atoms with Gasteiger partial charge in [0.25, 0.3) is 0 Å². The largest absolute Gasteiger partial charge is 0.478 e. The molecule has 1 aliphatic carbocycles. The number of carbonyl (C=O) groups excluding carboxylic acids is 1. The van der Waals surface area contributed by atoms with Crippen LogP contribution in [0.15, 0.2) is 70.9 Å². The molecular formula is C24H32O4. The molecule has 0 aromatic heterocycles. The van der Waals surface area contributed by atoms with Gasteiger partial charge in [0, 0.05) is 12.2 Å². The van der Waals surface area contributed by atoms with Crippen LogP contribution >= 0.6 is 0 Å². The molecule has 4 heteroatoms. The number of carboxylic acids is 1. The fourth-order valence-corrected chi connectivity index (χ4v) is 3.14. The number of aliphatic carboxylic acids is 1. The van der Waals surface area contributed by atoms with Crippen molar-refractivity contribution in [3.05, 3.63) is 70.9 Å². The topological polar surface area (TPSA) is 63.6 Å². The summed E-state index contributed by atoms with van der Waals surface area (Å²) >= 11 is 0. The number of carboxylic acid groups (broad SMARTS) is 1. The van der Waals surface area contributed by atoms with Crippen LogP contribution in [0.2, 0.25) is 0 Å². The third kappa shape index (κ3) is 8.85. The van der Waals surface area contributed by atoms with E-state index in [-0.39, 0.29) is 12.0 Å². The van der Waals surface area contributed by atoms with E-state index in [0.29, 0.717) is 0 Å². The zero-order valence-electron chi connectivity index (χ0n) is 17.6.